The van der Waals surface area contributed by atoms with Gasteiger partial charge in [0.15, 0.2) is 0 Å². The summed E-state index contributed by atoms with van der Waals surface area (Å²) in [5.74, 6) is -2.52. The number of alkyl halides is 2. The van der Waals surface area contributed by atoms with Crippen molar-refractivity contribution in [1.82, 2.24) is 14.7 Å². The average Bonchev–Trinajstić information content (AvgIpc) is 2.96. The van der Waals surface area contributed by atoms with Crippen molar-refractivity contribution in [1.29, 1.82) is 0 Å². The molecule has 5 nitrogen and oxygen atoms in total. The molecule has 1 aromatic rings. The Balaban J connectivity index is 1.63. The fourth-order valence-corrected chi connectivity index (χ4v) is 2.96. The predicted octanol–water partition coefficient (Wildman–Crippen LogP) is 2.40. The van der Waals surface area contributed by atoms with Crippen LogP contribution in [0.1, 0.15) is 30.9 Å². The van der Waals surface area contributed by atoms with Crippen molar-refractivity contribution in [2.75, 3.05) is 19.8 Å². The highest BCUT2D eigenvalue weighted by Gasteiger charge is 2.59. The van der Waals surface area contributed by atoms with Gasteiger partial charge in [0.25, 0.3) is 5.92 Å². The molecule has 1 amide bonds. The smallest absolute Gasteiger partial charge is 0.272 e. The third-order valence-corrected chi connectivity index (χ3v) is 4.36. The van der Waals surface area contributed by atoms with Crippen LogP contribution in [-0.2, 0) is 16.1 Å². The number of rotatable bonds is 6. The van der Waals surface area contributed by atoms with E-state index in [1.807, 2.05) is 0 Å². The zero-order valence-corrected chi connectivity index (χ0v) is 13.0. The van der Waals surface area contributed by atoms with Crippen molar-refractivity contribution >= 4 is 5.91 Å². The molecule has 2 heterocycles. The standard InChI is InChI=1S/C16H21F2N3O2/c1-2-15(22)20(8-12-4-3-5-23-11-12)9-13-7-19-21(10-13)14-6-16(14,17)18/h2,7,10,12,14H,1,3-6,8-9,11H2. The van der Waals surface area contributed by atoms with E-state index >= 15 is 0 Å². The molecule has 0 bridgehead atoms. The van der Waals surface area contributed by atoms with Crippen LogP contribution in [0.2, 0.25) is 0 Å². The lowest BCUT2D eigenvalue weighted by molar-refractivity contribution is -0.127. The molecular formula is C16H21F2N3O2. The van der Waals surface area contributed by atoms with E-state index in [1.165, 1.54) is 10.8 Å². The first-order valence-corrected chi connectivity index (χ1v) is 7.89. The molecule has 126 valence electrons. The number of aromatic nitrogens is 2. The number of carbonyl (C=O) groups is 1. The number of amides is 1. The van der Waals surface area contributed by atoms with Gasteiger partial charge in [0.2, 0.25) is 5.91 Å². The van der Waals surface area contributed by atoms with Gasteiger partial charge in [0, 0.05) is 37.9 Å². The van der Waals surface area contributed by atoms with Crippen LogP contribution in [0, 0.1) is 5.92 Å². The summed E-state index contributed by atoms with van der Waals surface area (Å²) in [6, 6.07) is -0.841. The van der Waals surface area contributed by atoms with E-state index in [1.54, 1.807) is 17.3 Å². The monoisotopic (exact) mass is 325 g/mol. The molecule has 2 atom stereocenters. The molecule has 23 heavy (non-hydrogen) atoms. The maximum absolute atomic E-state index is 13.1. The number of nitrogens with zero attached hydrogens (tertiary/aromatic N) is 3. The average molecular weight is 325 g/mol. The normalized spacial score (nSPS) is 25.8. The molecule has 7 heteroatoms. The summed E-state index contributed by atoms with van der Waals surface area (Å²) in [4.78, 5) is 13.7. The highest BCUT2D eigenvalue weighted by molar-refractivity contribution is 5.86. The van der Waals surface area contributed by atoms with E-state index in [0.29, 0.717) is 25.6 Å². The molecule has 2 unspecified atom stereocenters. The van der Waals surface area contributed by atoms with Gasteiger partial charge in [0.05, 0.1) is 12.8 Å². The molecular weight excluding hydrogens is 304 g/mol. The first kappa shape index (κ1) is 16.1. The summed E-state index contributed by atoms with van der Waals surface area (Å²) in [6.07, 6.45) is 6.29. The summed E-state index contributed by atoms with van der Waals surface area (Å²) >= 11 is 0. The van der Waals surface area contributed by atoms with E-state index < -0.39 is 12.0 Å². The third kappa shape index (κ3) is 3.77. The topological polar surface area (TPSA) is 47.4 Å². The first-order chi connectivity index (χ1) is 11.0. The van der Waals surface area contributed by atoms with Crippen LogP contribution in [0.4, 0.5) is 8.78 Å². The lowest BCUT2D eigenvalue weighted by Gasteiger charge is -2.29. The predicted molar refractivity (Wildman–Crippen MR) is 80.0 cm³/mol. The minimum atomic E-state index is -2.65. The summed E-state index contributed by atoms with van der Waals surface area (Å²) in [5, 5.41) is 4.01. The number of hydrogen-bond acceptors (Lipinski definition) is 3. The Morgan fingerprint density at radius 3 is 3.00 bits per heavy atom. The zero-order chi connectivity index (χ0) is 16.4. The van der Waals surface area contributed by atoms with Crippen molar-refractivity contribution in [3.8, 4) is 0 Å². The van der Waals surface area contributed by atoms with Crippen molar-refractivity contribution in [2.45, 2.75) is 37.8 Å². The zero-order valence-electron chi connectivity index (χ0n) is 13.0. The van der Waals surface area contributed by atoms with Crippen LogP contribution < -0.4 is 0 Å². The van der Waals surface area contributed by atoms with Crippen LogP contribution in [-0.4, -0.2) is 46.3 Å². The molecule has 0 N–H and O–H groups in total. The molecule has 0 aromatic carbocycles. The third-order valence-electron chi connectivity index (χ3n) is 4.36. The minimum Gasteiger partial charge on any atom is -0.381 e. The number of hydrogen-bond donors (Lipinski definition) is 0. The highest BCUT2D eigenvalue weighted by Crippen LogP contribution is 2.52. The molecule has 2 aliphatic rings. The van der Waals surface area contributed by atoms with Gasteiger partial charge in [-0.15, -0.1) is 0 Å². The molecule has 3 rings (SSSR count). The molecule has 1 saturated carbocycles. The number of carbonyl (C=O) groups excluding carboxylic acids is 1. The Hall–Kier alpha value is -1.76. The molecule has 1 saturated heterocycles. The fraction of sp³-hybridized carbons (Fsp3) is 0.625. The largest absolute Gasteiger partial charge is 0.381 e. The maximum atomic E-state index is 13.1. The first-order valence-electron chi connectivity index (χ1n) is 7.89. The van der Waals surface area contributed by atoms with E-state index in [2.05, 4.69) is 11.7 Å². The number of halogens is 2. The Morgan fingerprint density at radius 2 is 2.39 bits per heavy atom. The van der Waals surface area contributed by atoms with Crippen molar-refractivity contribution in [2.24, 2.45) is 5.92 Å². The molecule has 1 aliphatic heterocycles. The highest BCUT2D eigenvalue weighted by atomic mass is 19.3. The lowest BCUT2D eigenvalue weighted by Crippen LogP contribution is -2.36. The summed E-state index contributed by atoms with van der Waals surface area (Å²) in [7, 11) is 0. The Bertz CT molecular complexity index is 582. The Labute approximate surface area is 133 Å². The molecule has 0 spiro atoms. The van der Waals surface area contributed by atoms with Crippen LogP contribution in [0.3, 0.4) is 0 Å². The second-order valence-corrected chi connectivity index (χ2v) is 6.32. The van der Waals surface area contributed by atoms with Gasteiger partial charge >= 0.3 is 0 Å². The van der Waals surface area contributed by atoms with E-state index in [-0.39, 0.29) is 12.3 Å². The second kappa shape index (κ2) is 6.39. The van der Waals surface area contributed by atoms with Crippen LogP contribution in [0.15, 0.2) is 25.0 Å². The summed E-state index contributed by atoms with van der Waals surface area (Å²) in [5.41, 5.74) is 0.750. The van der Waals surface area contributed by atoms with Gasteiger partial charge < -0.3 is 9.64 Å². The van der Waals surface area contributed by atoms with Gasteiger partial charge in [-0.1, -0.05) is 6.58 Å². The van der Waals surface area contributed by atoms with Gasteiger partial charge in [0.1, 0.15) is 6.04 Å². The van der Waals surface area contributed by atoms with E-state index in [0.717, 1.165) is 25.0 Å². The Kier molecular flexibility index (Phi) is 4.48. The van der Waals surface area contributed by atoms with Crippen molar-refractivity contribution < 1.29 is 18.3 Å². The Morgan fingerprint density at radius 1 is 1.61 bits per heavy atom. The SMILES string of the molecule is C=CC(=O)N(Cc1cnn(C2CC2(F)F)c1)CC1CCCOC1. The fourth-order valence-electron chi connectivity index (χ4n) is 2.96. The van der Waals surface area contributed by atoms with E-state index in [9.17, 15) is 13.6 Å². The molecule has 1 aliphatic carbocycles. The van der Waals surface area contributed by atoms with Crippen LogP contribution in [0.5, 0.6) is 0 Å². The lowest BCUT2D eigenvalue weighted by atomic mass is 10.0. The van der Waals surface area contributed by atoms with Gasteiger partial charge in [-0.3, -0.25) is 9.48 Å². The van der Waals surface area contributed by atoms with E-state index in [4.69, 9.17) is 4.74 Å². The van der Waals surface area contributed by atoms with Crippen LogP contribution in [0.25, 0.3) is 0 Å². The summed E-state index contributed by atoms with van der Waals surface area (Å²) in [6.45, 7) is 5.88. The summed E-state index contributed by atoms with van der Waals surface area (Å²) < 4.78 is 32.9. The maximum Gasteiger partial charge on any atom is 0.272 e. The number of ether oxygens (including phenoxy) is 1. The van der Waals surface area contributed by atoms with Gasteiger partial charge in [-0.25, -0.2) is 8.78 Å². The van der Waals surface area contributed by atoms with Crippen LogP contribution >= 0.6 is 0 Å². The van der Waals surface area contributed by atoms with Crippen molar-refractivity contribution in [3.05, 3.63) is 30.6 Å². The quantitative estimate of drug-likeness (QED) is 0.755. The molecule has 1 aromatic heterocycles. The van der Waals surface area contributed by atoms with Gasteiger partial charge in [-0.2, -0.15) is 5.10 Å². The molecule has 2 fully saturated rings. The van der Waals surface area contributed by atoms with Gasteiger partial charge in [-0.05, 0) is 24.8 Å². The molecule has 0 radical (unpaired) electrons. The minimum absolute atomic E-state index is 0.164. The van der Waals surface area contributed by atoms with Crippen molar-refractivity contribution in [3.63, 3.8) is 0 Å². The second-order valence-electron chi connectivity index (χ2n) is 6.32.